The summed E-state index contributed by atoms with van der Waals surface area (Å²) in [6.07, 6.45) is 1.10. The van der Waals surface area contributed by atoms with Crippen LogP contribution in [0.4, 0.5) is 0 Å². The van der Waals surface area contributed by atoms with Gasteiger partial charge < -0.3 is 5.32 Å². The quantitative estimate of drug-likeness (QED) is 0.592. The molecule has 15 heavy (non-hydrogen) atoms. The summed E-state index contributed by atoms with van der Waals surface area (Å²) < 4.78 is 0. The van der Waals surface area contributed by atoms with Gasteiger partial charge in [0.05, 0.1) is 12.6 Å². The normalized spacial score (nSPS) is 24.7. The Labute approximate surface area is 110 Å². The lowest BCUT2D eigenvalue weighted by atomic mass is 9.96. The highest BCUT2D eigenvalue weighted by molar-refractivity contribution is 14.0. The molecule has 0 amide bonds. The first-order chi connectivity index (χ1) is 6.35. The maximum absolute atomic E-state index is 8.70. The molecule has 0 atom stereocenters. The second-order valence-electron chi connectivity index (χ2n) is 5.51. The predicted octanol–water partition coefficient (Wildman–Crippen LogP) is 1.98. The molecule has 0 aromatic carbocycles. The Balaban J connectivity index is 0.00000196. The van der Waals surface area contributed by atoms with E-state index in [0.29, 0.717) is 6.54 Å². The summed E-state index contributed by atoms with van der Waals surface area (Å²) >= 11 is 0. The Kier molecular flexibility index (Phi) is 5.51. The highest BCUT2D eigenvalue weighted by Gasteiger charge is 2.32. The molecule has 0 saturated carbocycles. The molecule has 1 rings (SSSR count). The summed E-state index contributed by atoms with van der Waals surface area (Å²) in [5, 5.41) is 12.3. The lowest BCUT2D eigenvalue weighted by molar-refractivity contribution is 0.241. The van der Waals surface area contributed by atoms with E-state index in [-0.39, 0.29) is 35.1 Å². The van der Waals surface area contributed by atoms with Gasteiger partial charge in [0.2, 0.25) is 0 Å². The third-order valence-electron chi connectivity index (χ3n) is 2.64. The minimum absolute atomic E-state index is 0. The fraction of sp³-hybridized carbons (Fsp3) is 0.909. The summed E-state index contributed by atoms with van der Waals surface area (Å²) in [5.41, 5.74) is 0.268. The monoisotopic (exact) mass is 323 g/mol. The number of nitrogens with one attached hydrogen (secondary N) is 1. The zero-order valence-electron chi connectivity index (χ0n) is 10.1. The Bertz CT molecular complexity index is 243. The molecule has 1 aliphatic heterocycles. The van der Waals surface area contributed by atoms with E-state index in [1.54, 1.807) is 0 Å². The van der Waals surface area contributed by atoms with Gasteiger partial charge in [-0.25, -0.2) is 0 Å². The van der Waals surface area contributed by atoms with Crippen LogP contribution in [0.25, 0.3) is 0 Å². The van der Waals surface area contributed by atoms with Crippen molar-refractivity contribution < 1.29 is 0 Å². The molecule has 1 saturated heterocycles. The van der Waals surface area contributed by atoms with Crippen molar-refractivity contribution in [2.45, 2.75) is 45.2 Å². The van der Waals surface area contributed by atoms with E-state index >= 15 is 0 Å². The van der Waals surface area contributed by atoms with Crippen LogP contribution in [0, 0.1) is 11.3 Å². The van der Waals surface area contributed by atoms with Gasteiger partial charge in [0.1, 0.15) is 0 Å². The van der Waals surface area contributed by atoms with Crippen LogP contribution in [-0.2, 0) is 0 Å². The molecular weight excluding hydrogens is 301 g/mol. The Morgan fingerprint density at radius 3 is 2.40 bits per heavy atom. The van der Waals surface area contributed by atoms with Crippen LogP contribution in [0.2, 0.25) is 0 Å². The molecule has 1 heterocycles. The van der Waals surface area contributed by atoms with E-state index in [1.165, 1.54) is 0 Å². The average Bonchev–Trinajstić information content (AvgIpc) is 2.06. The molecular formula is C11H22IN3. The Morgan fingerprint density at radius 1 is 1.27 bits per heavy atom. The number of rotatable bonds is 1. The van der Waals surface area contributed by atoms with E-state index in [2.05, 4.69) is 44.0 Å². The first kappa shape index (κ1) is 15.1. The van der Waals surface area contributed by atoms with Crippen molar-refractivity contribution in [2.24, 2.45) is 0 Å². The van der Waals surface area contributed by atoms with Gasteiger partial charge in [0, 0.05) is 24.2 Å². The standard InChI is InChI=1S/C11H21N3.HI/c1-10(2)5-7-14(8-6-12)9-11(3,4)13-10;/h13H,5,7-9H2,1-4H3;1H. The number of hydrogen-bond donors (Lipinski definition) is 1. The topological polar surface area (TPSA) is 39.1 Å². The fourth-order valence-electron chi connectivity index (χ4n) is 2.33. The maximum atomic E-state index is 8.70. The molecule has 0 aromatic heterocycles. The van der Waals surface area contributed by atoms with Gasteiger partial charge in [-0.15, -0.1) is 24.0 Å². The summed E-state index contributed by atoms with van der Waals surface area (Å²) in [6, 6.07) is 2.23. The minimum atomic E-state index is 0. The number of nitrogens with zero attached hydrogens (tertiary/aromatic N) is 2. The van der Waals surface area contributed by atoms with Crippen molar-refractivity contribution in [2.75, 3.05) is 19.6 Å². The number of nitriles is 1. The molecule has 3 nitrogen and oxygen atoms in total. The molecule has 4 heteroatoms. The molecule has 0 radical (unpaired) electrons. The van der Waals surface area contributed by atoms with Crippen molar-refractivity contribution in [1.29, 1.82) is 5.26 Å². The molecule has 0 spiro atoms. The summed E-state index contributed by atoms with van der Waals surface area (Å²) in [6.45, 7) is 11.4. The molecule has 88 valence electrons. The van der Waals surface area contributed by atoms with E-state index in [1.807, 2.05) is 0 Å². The maximum Gasteiger partial charge on any atom is 0.0866 e. The van der Waals surface area contributed by atoms with Crippen LogP contribution in [-0.4, -0.2) is 35.6 Å². The lowest BCUT2D eigenvalue weighted by Crippen LogP contribution is -2.53. The molecule has 0 unspecified atom stereocenters. The predicted molar refractivity (Wildman–Crippen MR) is 73.4 cm³/mol. The first-order valence-electron chi connectivity index (χ1n) is 5.23. The van der Waals surface area contributed by atoms with E-state index in [9.17, 15) is 0 Å². The second kappa shape index (κ2) is 5.46. The van der Waals surface area contributed by atoms with Gasteiger partial charge >= 0.3 is 0 Å². The SMILES string of the molecule is CC1(C)CCN(CC#N)CC(C)(C)N1.I. The van der Waals surface area contributed by atoms with Crippen molar-refractivity contribution in [3.63, 3.8) is 0 Å². The zero-order chi connectivity index (χ0) is 10.8. The van der Waals surface area contributed by atoms with Gasteiger partial charge in [0.25, 0.3) is 0 Å². The first-order valence-corrected chi connectivity index (χ1v) is 5.23. The van der Waals surface area contributed by atoms with Crippen LogP contribution in [0.5, 0.6) is 0 Å². The van der Waals surface area contributed by atoms with Crippen molar-refractivity contribution in [3.05, 3.63) is 0 Å². The number of halogens is 1. The summed E-state index contributed by atoms with van der Waals surface area (Å²) in [5.74, 6) is 0. The van der Waals surface area contributed by atoms with Gasteiger partial charge in [0.15, 0.2) is 0 Å². The van der Waals surface area contributed by atoms with Crippen molar-refractivity contribution in [1.82, 2.24) is 10.2 Å². The molecule has 0 aliphatic carbocycles. The third kappa shape index (κ3) is 5.14. The van der Waals surface area contributed by atoms with Crippen molar-refractivity contribution in [3.8, 4) is 6.07 Å². The van der Waals surface area contributed by atoms with Crippen LogP contribution in [0.15, 0.2) is 0 Å². The van der Waals surface area contributed by atoms with Gasteiger partial charge in [-0.2, -0.15) is 5.26 Å². The van der Waals surface area contributed by atoms with Crippen LogP contribution in [0.3, 0.4) is 0 Å². The van der Waals surface area contributed by atoms with Gasteiger partial charge in [-0.1, -0.05) is 0 Å². The zero-order valence-corrected chi connectivity index (χ0v) is 12.5. The van der Waals surface area contributed by atoms with E-state index in [4.69, 9.17) is 5.26 Å². The van der Waals surface area contributed by atoms with E-state index < -0.39 is 0 Å². The fourth-order valence-corrected chi connectivity index (χ4v) is 2.33. The van der Waals surface area contributed by atoms with Crippen LogP contribution < -0.4 is 5.32 Å². The smallest absolute Gasteiger partial charge is 0.0866 e. The molecule has 0 bridgehead atoms. The second-order valence-corrected chi connectivity index (χ2v) is 5.51. The van der Waals surface area contributed by atoms with Crippen LogP contribution in [0.1, 0.15) is 34.1 Å². The highest BCUT2D eigenvalue weighted by atomic mass is 127. The number of hydrogen-bond acceptors (Lipinski definition) is 3. The molecule has 1 aliphatic rings. The van der Waals surface area contributed by atoms with Gasteiger partial charge in [-0.3, -0.25) is 4.90 Å². The Hall–Kier alpha value is 0.140. The molecule has 1 N–H and O–H groups in total. The van der Waals surface area contributed by atoms with Gasteiger partial charge in [-0.05, 0) is 34.1 Å². The minimum Gasteiger partial charge on any atom is -0.306 e. The lowest BCUT2D eigenvalue weighted by Gasteiger charge is -2.34. The molecule has 1 fully saturated rings. The largest absolute Gasteiger partial charge is 0.306 e. The van der Waals surface area contributed by atoms with E-state index in [0.717, 1.165) is 19.5 Å². The third-order valence-corrected chi connectivity index (χ3v) is 2.64. The van der Waals surface area contributed by atoms with Crippen molar-refractivity contribution >= 4 is 24.0 Å². The average molecular weight is 323 g/mol. The highest BCUT2D eigenvalue weighted by Crippen LogP contribution is 2.20. The summed E-state index contributed by atoms with van der Waals surface area (Å²) in [4.78, 5) is 2.22. The Morgan fingerprint density at radius 2 is 1.87 bits per heavy atom. The van der Waals surface area contributed by atoms with Crippen LogP contribution >= 0.6 is 24.0 Å². The molecule has 0 aromatic rings. The summed E-state index contributed by atoms with van der Waals surface area (Å²) in [7, 11) is 0.